The largest absolute Gasteiger partial charge is 0.466 e. The molecule has 0 heterocycles. The normalized spacial score (nSPS) is 13.0. The number of aliphatic hydroxyl groups excluding tert-OH is 2. The number of hydrogen-bond acceptors (Lipinski definition) is 5. The van der Waals surface area contributed by atoms with Crippen molar-refractivity contribution in [3.05, 3.63) is 36.5 Å². The van der Waals surface area contributed by atoms with Crippen LogP contribution in [0.3, 0.4) is 0 Å². The van der Waals surface area contributed by atoms with Gasteiger partial charge in [0.1, 0.15) is 0 Å². The second-order valence-corrected chi connectivity index (χ2v) is 15.7. The molecular formula is C48H89NO5. The number of carbonyl (C=O) groups excluding carboxylic acids is 2. The molecule has 0 radical (unpaired) electrons. The first-order valence-corrected chi connectivity index (χ1v) is 23.3. The van der Waals surface area contributed by atoms with Crippen LogP contribution in [-0.4, -0.2) is 47.4 Å². The molecule has 2 unspecified atom stereocenters. The summed E-state index contributed by atoms with van der Waals surface area (Å²) in [5.74, 6) is -0.135. The predicted octanol–water partition coefficient (Wildman–Crippen LogP) is 13.3. The lowest BCUT2D eigenvalue weighted by molar-refractivity contribution is -0.143. The number of unbranched alkanes of at least 4 members (excludes halogenated alkanes) is 27. The van der Waals surface area contributed by atoms with Gasteiger partial charge in [0.15, 0.2) is 0 Å². The van der Waals surface area contributed by atoms with Crippen molar-refractivity contribution < 1.29 is 24.5 Å². The van der Waals surface area contributed by atoms with Crippen LogP contribution in [0.4, 0.5) is 0 Å². The molecule has 6 nitrogen and oxygen atoms in total. The Hall–Kier alpha value is -1.92. The average Bonchev–Trinajstić information content (AvgIpc) is 3.17. The zero-order valence-electron chi connectivity index (χ0n) is 35.7. The van der Waals surface area contributed by atoms with E-state index in [0.717, 1.165) is 64.2 Å². The van der Waals surface area contributed by atoms with Crippen LogP contribution < -0.4 is 5.32 Å². The summed E-state index contributed by atoms with van der Waals surface area (Å²) in [6.45, 7) is 4.78. The van der Waals surface area contributed by atoms with Gasteiger partial charge in [0.25, 0.3) is 0 Å². The van der Waals surface area contributed by atoms with Crippen molar-refractivity contribution in [1.29, 1.82) is 0 Å². The third-order valence-corrected chi connectivity index (χ3v) is 10.4. The zero-order valence-corrected chi connectivity index (χ0v) is 35.7. The number of hydrogen-bond donors (Lipinski definition) is 3. The molecule has 0 rings (SSSR count). The molecule has 0 aromatic carbocycles. The van der Waals surface area contributed by atoms with Gasteiger partial charge in [-0.2, -0.15) is 0 Å². The summed E-state index contributed by atoms with van der Waals surface area (Å²) in [5, 5.41) is 22.9. The van der Waals surface area contributed by atoms with Crippen LogP contribution in [0.5, 0.6) is 0 Å². The monoisotopic (exact) mass is 760 g/mol. The highest BCUT2D eigenvalue weighted by Crippen LogP contribution is 2.14. The highest BCUT2D eigenvalue weighted by Gasteiger charge is 2.18. The van der Waals surface area contributed by atoms with E-state index in [-0.39, 0.29) is 18.5 Å². The van der Waals surface area contributed by atoms with E-state index in [4.69, 9.17) is 4.74 Å². The minimum absolute atomic E-state index is 0.0363. The maximum absolute atomic E-state index is 12.4. The van der Waals surface area contributed by atoms with Gasteiger partial charge in [-0.05, 0) is 64.2 Å². The summed E-state index contributed by atoms with van der Waals surface area (Å²) in [5.41, 5.74) is 0. The van der Waals surface area contributed by atoms with E-state index in [0.29, 0.717) is 19.4 Å². The van der Waals surface area contributed by atoms with E-state index >= 15 is 0 Å². The maximum atomic E-state index is 12.4. The van der Waals surface area contributed by atoms with Crippen LogP contribution >= 0.6 is 0 Å². The van der Waals surface area contributed by atoms with Crippen molar-refractivity contribution in [3.63, 3.8) is 0 Å². The third-order valence-electron chi connectivity index (χ3n) is 10.4. The first-order valence-electron chi connectivity index (χ1n) is 23.3. The Labute approximate surface area is 334 Å². The molecule has 0 spiro atoms. The van der Waals surface area contributed by atoms with Crippen LogP contribution in [0.2, 0.25) is 0 Å². The fourth-order valence-corrected chi connectivity index (χ4v) is 6.78. The lowest BCUT2D eigenvalue weighted by Gasteiger charge is -2.20. The standard InChI is InChI=1S/C48H89NO5/c1-3-5-7-9-11-13-15-16-17-18-19-20-22-26-30-34-38-42-48(53)54-43-39-35-31-27-23-25-29-33-37-41-47(52)49-45(44-50)46(51)40-36-32-28-24-21-14-12-10-8-6-4-2/h11,13,16-17,36,40,45-46,50-51H,3-10,12,14-15,18-35,37-39,41-44H2,1-2H3,(H,49,52)/b13-11-,17-16-,40-36+. The van der Waals surface area contributed by atoms with Gasteiger partial charge in [0.05, 0.1) is 25.4 Å². The smallest absolute Gasteiger partial charge is 0.305 e. The highest BCUT2D eigenvalue weighted by atomic mass is 16.5. The second-order valence-electron chi connectivity index (χ2n) is 15.7. The Morgan fingerprint density at radius 3 is 1.44 bits per heavy atom. The molecule has 0 aliphatic carbocycles. The predicted molar refractivity (Wildman–Crippen MR) is 232 cm³/mol. The molecule has 0 saturated carbocycles. The first-order chi connectivity index (χ1) is 26.5. The summed E-state index contributed by atoms with van der Waals surface area (Å²) < 4.78 is 5.44. The number of ether oxygens (including phenoxy) is 1. The number of carbonyl (C=O) groups is 2. The summed E-state index contributed by atoms with van der Waals surface area (Å²) in [6.07, 6.45) is 51.3. The van der Waals surface area contributed by atoms with E-state index in [1.807, 2.05) is 6.08 Å². The SMILES string of the molecule is CCCCC/C=C\C/C=C\CCCCCCCCCC(=O)OCCCCCCCCCCCC(=O)NC(CO)C(O)/C=C/CCCCCCCCCCC. The summed E-state index contributed by atoms with van der Waals surface area (Å²) in [6, 6.07) is -0.647. The number of nitrogens with one attached hydrogen (secondary N) is 1. The van der Waals surface area contributed by atoms with Crippen LogP contribution in [0, 0.1) is 0 Å². The van der Waals surface area contributed by atoms with E-state index in [9.17, 15) is 19.8 Å². The first kappa shape index (κ1) is 52.1. The van der Waals surface area contributed by atoms with E-state index < -0.39 is 12.1 Å². The number of aliphatic hydroxyl groups is 2. The van der Waals surface area contributed by atoms with Crippen molar-refractivity contribution in [2.75, 3.05) is 13.2 Å². The molecule has 0 bridgehead atoms. The minimum Gasteiger partial charge on any atom is -0.466 e. The van der Waals surface area contributed by atoms with E-state index in [2.05, 4.69) is 43.5 Å². The van der Waals surface area contributed by atoms with Gasteiger partial charge in [-0.3, -0.25) is 9.59 Å². The van der Waals surface area contributed by atoms with Crippen LogP contribution in [0.15, 0.2) is 36.5 Å². The molecule has 1 amide bonds. The quantitative estimate of drug-likeness (QED) is 0.0327. The maximum Gasteiger partial charge on any atom is 0.305 e. The Morgan fingerprint density at radius 2 is 0.926 bits per heavy atom. The van der Waals surface area contributed by atoms with Crippen LogP contribution in [0.1, 0.15) is 232 Å². The number of esters is 1. The Kier molecular flexibility index (Phi) is 42.2. The Bertz CT molecular complexity index is 884. The van der Waals surface area contributed by atoms with Crippen molar-refractivity contribution in [2.24, 2.45) is 0 Å². The molecule has 0 saturated heterocycles. The number of rotatable bonds is 42. The molecule has 54 heavy (non-hydrogen) atoms. The summed E-state index contributed by atoms with van der Waals surface area (Å²) >= 11 is 0. The fraction of sp³-hybridized carbons (Fsp3) is 0.833. The van der Waals surface area contributed by atoms with Crippen molar-refractivity contribution in [3.8, 4) is 0 Å². The van der Waals surface area contributed by atoms with Crippen molar-refractivity contribution >= 4 is 11.9 Å². The molecule has 0 aliphatic heterocycles. The molecule has 2 atom stereocenters. The zero-order chi connectivity index (χ0) is 39.4. The Morgan fingerprint density at radius 1 is 0.519 bits per heavy atom. The molecule has 0 fully saturated rings. The third kappa shape index (κ3) is 39.8. The highest BCUT2D eigenvalue weighted by molar-refractivity contribution is 5.76. The van der Waals surface area contributed by atoms with Gasteiger partial charge in [-0.25, -0.2) is 0 Å². The van der Waals surface area contributed by atoms with Crippen molar-refractivity contribution in [1.82, 2.24) is 5.32 Å². The topological polar surface area (TPSA) is 95.9 Å². The van der Waals surface area contributed by atoms with E-state index in [1.165, 1.54) is 141 Å². The molecule has 0 aromatic heterocycles. The van der Waals surface area contributed by atoms with Gasteiger partial charge >= 0.3 is 5.97 Å². The molecule has 6 heteroatoms. The molecule has 316 valence electrons. The molecule has 0 aliphatic rings. The van der Waals surface area contributed by atoms with Gasteiger partial charge in [0.2, 0.25) is 5.91 Å². The van der Waals surface area contributed by atoms with Gasteiger partial charge in [-0.15, -0.1) is 0 Å². The van der Waals surface area contributed by atoms with E-state index in [1.54, 1.807) is 6.08 Å². The number of allylic oxidation sites excluding steroid dienone is 5. The minimum atomic E-state index is -0.861. The second kappa shape index (κ2) is 43.8. The summed E-state index contributed by atoms with van der Waals surface area (Å²) in [7, 11) is 0. The lowest BCUT2D eigenvalue weighted by Crippen LogP contribution is -2.45. The Balaban J connectivity index is 3.52. The lowest BCUT2D eigenvalue weighted by atomic mass is 10.1. The van der Waals surface area contributed by atoms with Gasteiger partial charge in [-0.1, -0.05) is 192 Å². The van der Waals surface area contributed by atoms with Gasteiger partial charge in [0, 0.05) is 12.8 Å². The van der Waals surface area contributed by atoms with Crippen LogP contribution in [-0.2, 0) is 14.3 Å². The molecule has 3 N–H and O–H groups in total. The summed E-state index contributed by atoms with van der Waals surface area (Å²) in [4.78, 5) is 24.4. The van der Waals surface area contributed by atoms with Crippen LogP contribution in [0.25, 0.3) is 0 Å². The van der Waals surface area contributed by atoms with Crippen molar-refractivity contribution in [2.45, 2.75) is 244 Å². The van der Waals surface area contributed by atoms with Gasteiger partial charge < -0.3 is 20.3 Å². The molecular weight excluding hydrogens is 671 g/mol. The number of amides is 1. The average molecular weight is 760 g/mol. The molecule has 0 aromatic rings. The fourth-order valence-electron chi connectivity index (χ4n) is 6.78.